The van der Waals surface area contributed by atoms with Crippen LogP contribution in [-0.4, -0.2) is 56.8 Å². The number of halogens is 6. The molecule has 0 aromatic rings. The van der Waals surface area contributed by atoms with E-state index in [9.17, 15) is 0 Å². The summed E-state index contributed by atoms with van der Waals surface area (Å²) in [7, 11) is 0. The van der Waals surface area contributed by atoms with Gasteiger partial charge in [-0.15, -0.1) is 0 Å². The summed E-state index contributed by atoms with van der Waals surface area (Å²) < 4.78 is 16.8. The summed E-state index contributed by atoms with van der Waals surface area (Å²) in [6.45, 7) is 0.882. The molecule has 0 N–H and O–H groups in total. The van der Waals surface area contributed by atoms with Gasteiger partial charge in [-0.1, -0.05) is 95.6 Å². The van der Waals surface area contributed by atoms with E-state index in [-0.39, 0.29) is 14.5 Å². The smallest absolute Gasteiger partial charge is 0.271 e. The number of hydrogen-bond donors (Lipinski definition) is 0. The van der Waals surface area contributed by atoms with Gasteiger partial charge in [0.2, 0.25) is 0 Å². The van der Waals surface area contributed by atoms with Gasteiger partial charge in [-0.25, -0.2) is 0 Å². The van der Waals surface area contributed by atoms with E-state index < -0.39 is 6.48 Å². The molecular formula is C10H16Br6O3. The Morgan fingerprint density at radius 1 is 0.579 bits per heavy atom. The third kappa shape index (κ3) is 12.9. The first kappa shape index (κ1) is 21.8. The van der Waals surface area contributed by atoms with E-state index in [2.05, 4.69) is 95.6 Å². The minimum atomic E-state index is -0.655. The monoisotopic (exact) mass is 658 g/mol. The molecule has 3 unspecified atom stereocenters. The Labute approximate surface area is 165 Å². The van der Waals surface area contributed by atoms with Crippen LogP contribution in [0.2, 0.25) is 0 Å². The SMILES string of the molecule is BrCC(Br)COC(OCC(Br)CBr)OCC(Br)CBr. The molecule has 0 rings (SSSR count). The standard InChI is InChI=1S/C10H16Br6O3/c11-1-7(14)4-17-10(18-5-8(15)2-12)19-6-9(16)3-13/h7-10H,1-6H2. The maximum absolute atomic E-state index is 5.59. The summed E-state index contributed by atoms with van der Waals surface area (Å²) in [4.78, 5) is 0.692. The molecule has 0 amide bonds. The molecule has 0 fully saturated rings. The molecule has 0 aromatic heterocycles. The molecule has 116 valence electrons. The summed E-state index contributed by atoms with van der Waals surface area (Å²) in [6.07, 6.45) is 0. The highest BCUT2D eigenvalue weighted by atomic mass is 79.9. The fourth-order valence-electron chi connectivity index (χ4n) is 0.827. The zero-order chi connectivity index (χ0) is 14.7. The zero-order valence-corrected chi connectivity index (χ0v) is 19.6. The molecule has 0 spiro atoms. The predicted molar refractivity (Wildman–Crippen MR) is 101 cm³/mol. The first-order valence-corrected chi connectivity index (χ1v) is 11.6. The molecule has 3 atom stereocenters. The van der Waals surface area contributed by atoms with Crippen molar-refractivity contribution < 1.29 is 14.2 Å². The summed E-state index contributed by atoms with van der Waals surface area (Å²) in [5, 5.41) is 2.43. The number of rotatable bonds is 12. The Hall–Kier alpha value is 2.76. The van der Waals surface area contributed by atoms with Gasteiger partial charge in [-0.2, -0.15) is 0 Å². The molecule has 0 aliphatic rings. The largest absolute Gasteiger partial charge is 0.329 e. The fraction of sp³-hybridized carbons (Fsp3) is 1.00. The van der Waals surface area contributed by atoms with Crippen molar-refractivity contribution in [3.63, 3.8) is 0 Å². The van der Waals surface area contributed by atoms with Crippen LogP contribution in [0, 0.1) is 0 Å². The quantitative estimate of drug-likeness (QED) is 0.222. The highest BCUT2D eigenvalue weighted by Crippen LogP contribution is 2.12. The molecule has 19 heavy (non-hydrogen) atoms. The lowest BCUT2D eigenvalue weighted by molar-refractivity contribution is -0.285. The van der Waals surface area contributed by atoms with Gasteiger partial charge in [0.1, 0.15) is 0 Å². The first-order chi connectivity index (χ1) is 9.03. The Morgan fingerprint density at radius 3 is 1.05 bits per heavy atom. The average molecular weight is 664 g/mol. The van der Waals surface area contributed by atoms with E-state index in [4.69, 9.17) is 14.2 Å². The third-order valence-corrected chi connectivity index (χ3v) is 8.46. The van der Waals surface area contributed by atoms with E-state index in [1.807, 2.05) is 0 Å². The van der Waals surface area contributed by atoms with Crippen LogP contribution in [0.3, 0.4) is 0 Å². The van der Waals surface area contributed by atoms with Gasteiger partial charge in [0, 0.05) is 30.5 Å². The van der Waals surface area contributed by atoms with Crippen molar-refractivity contribution in [2.24, 2.45) is 0 Å². The van der Waals surface area contributed by atoms with Crippen LogP contribution in [0.25, 0.3) is 0 Å². The summed E-state index contributed by atoms with van der Waals surface area (Å²) >= 11 is 20.6. The molecule has 0 radical (unpaired) electrons. The third-order valence-electron chi connectivity index (χ3n) is 1.74. The zero-order valence-electron chi connectivity index (χ0n) is 10.0. The Kier molecular flexibility index (Phi) is 16.4. The van der Waals surface area contributed by atoms with E-state index in [0.717, 1.165) is 16.0 Å². The molecule has 0 saturated carbocycles. The van der Waals surface area contributed by atoms with Crippen LogP contribution in [0.4, 0.5) is 0 Å². The Bertz CT molecular complexity index is 178. The van der Waals surface area contributed by atoms with E-state index in [1.54, 1.807) is 0 Å². The molecule has 0 saturated heterocycles. The molecule has 9 heteroatoms. The number of alkyl halides is 6. The molecular weight excluding hydrogens is 648 g/mol. The lowest BCUT2D eigenvalue weighted by Gasteiger charge is -2.22. The average Bonchev–Trinajstić information content (AvgIpc) is 2.44. The topological polar surface area (TPSA) is 27.7 Å². The maximum Gasteiger partial charge on any atom is 0.271 e. The predicted octanol–water partition coefficient (Wildman–Crippen LogP) is 4.80. The van der Waals surface area contributed by atoms with Gasteiger partial charge in [0.25, 0.3) is 6.48 Å². The Balaban J connectivity index is 4.06. The van der Waals surface area contributed by atoms with Gasteiger partial charge in [-0.05, 0) is 0 Å². The lowest BCUT2D eigenvalue weighted by atomic mass is 10.5. The van der Waals surface area contributed by atoms with Gasteiger partial charge in [-0.3, -0.25) is 0 Å². The Morgan fingerprint density at radius 2 is 0.842 bits per heavy atom. The number of hydrogen-bond acceptors (Lipinski definition) is 3. The van der Waals surface area contributed by atoms with Gasteiger partial charge < -0.3 is 14.2 Å². The fourth-order valence-corrected chi connectivity index (χ4v) is 1.85. The van der Waals surface area contributed by atoms with Gasteiger partial charge >= 0.3 is 0 Å². The van der Waals surface area contributed by atoms with E-state index >= 15 is 0 Å². The normalized spacial score (nSPS) is 18.0. The van der Waals surface area contributed by atoms with Crippen molar-refractivity contribution >= 4 is 95.6 Å². The molecule has 0 aliphatic carbocycles. The van der Waals surface area contributed by atoms with E-state index in [1.165, 1.54) is 0 Å². The second kappa shape index (κ2) is 14.4. The van der Waals surface area contributed by atoms with Gasteiger partial charge in [0.05, 0.1) is 19.8 Å². The highest BCUT2D eigenvalue weighted by Gasteiger charge is 2.16. The molecule has 0 heterocycles. The molecule has 3 nitrogen and oxygen atoms in total. The van der Waals surface area contributed by atoms with Crippen molar-refractivity contribution in [3.05, 3.63) is 0 Å². The van der Waals surface area contributed by atoms with Crippen LogP contribution in [0.1, 0.15) is 0 Å². The van der Waals surface area contributed by atoms with Crippen molar-refractivity contribution in [1.82, 2.24) is 0 Å². The van der Waals surface area contributed by atoms with E-state index in [0.29, 0.717) is 19.8 Å². The minimum absolute atomic E-state index is 0.231. The summed E-state index contributed by atoms with van der Waals surface area (Å²) in [5.74, 6) is 0. The van der Waals surface area contributed by atoms with Crippen molar-refractivity contribution in [2.45, 2.75) is 21.0 Å². The second-order valence-electron chi connectivity index (χ2n) is 3.54. The van der Waals surface area contributed by atoms with Crippen LogP contribution in [0.15, 0.2) is 0 Å². The molecule has 0 aliphatic heterocycles. The van der Waals surface area contributed by atoms with Crippen LogP contribution in [-0.2, 0) is 14.2 Å². The molecule has 0 bridgehead atoms. The molecule has 0 aromatic carbocycles. The minimum Gasteiger partial charge on any atom is -0.329 e. The van der Waals surface area contributed by atoms with Gasteiger partial charge in [0.15, 0.2) is 0 Å². The highest BCUT2D eigenvalue weighted by molar-refractivity contribution is 9.12. The summed E-state index contributed by atoms with van der Waals surface area (Å²) in [6, 6.07) is 0. The van der Waals surface area contributed by atoms with Crippen molar-refractivity contribution in [1.29, 1.82) is 0 Å². The van der Waals surface area contributed by atoms with Crippen molar-refractivity contribution in [2.75, 3.05) is 35.8 Å². The van der Waals surface area contributed by atoms with Crippen LogP contribution in [0.5, 0.6) is 0 Å². The van der Waals surface area contributed by atoms with Crippen LogP contribution < -0.4 is 0 Å². The van der Waals surface area contributed by atoms with Crippen molar-refractivity contribution in [3.8, 4) is 0 Å². The maximum atomic E-state index is 5.59. The summed E-state index contributed by atoms with van der Waals surface area (Å²) in [5.41, 5.74) is 0. The first-order valence-electron chi connectivity index (χ1n) is 5.48. The second-order valence-corrected chi connectivity index (χ2v) is 9.37. The van der Waals surface area contributed by atoms with Crippen LogP contribution >= 0.6 is 95.6 Å². The number of ether oxygens (including phenoxy) is 3. The lowest BCUT2D eigenvalue weighted by Crippen LogP contribution is -2.29.